The average Bonchev–Trinajstić information content (AvgIpc) is 3.14. The van der Waals surface area contributed by atoms with Gasteiger partial charge in [0.15, 0.2) is 0 Å². The Morgan fingerprint density at radius 2 is 1.96 bits per heavy atom. The molecule has 0 spiro atoms. The summed E-state index contributed by atoms with van der Waals surface area (Å²) in [7, 11) is 1.57. The summed E-state index contributed by atoms with van der Waals surface area (Å²) in [4.78, 5) is 26.0. The van der Waals surface area contributed by atoms with E-state index < -0.39 is 0 Å². The lowest BCUT2D eigenvalue weighted by molar-refractivity contribution is -0.118. The van der Waals surface area contributed by atoms with Crippen LogP contribution in [0.25, 0.3) is 6.08 Å². The molecule has 0 fully saturated rings. The van der Waals surface area contributed by atoms with Gasteiger partial charge in [-0.05, 0) is 55.1 Å². The maximum Gasteiger partial charge on any atom is 0.268 e. The molecule has 1 aromatic heterocycles. The first kappa shape index (κ1) is 19.7. The van der Waals surface area contributed by atoms with Crippen molar-refractivity contribution in [2.24, 2.45) is 0 Å². The number of nitrogens with one attached hydrogen (secondary N) is 2. The predicted molar refractivity (Wildman–Crippen MR) is 105 cm³/mol. The van der Waals surface area contributed by atoms with Gasteiger partial charge in [0.05, 0.1) is 7.11 Å². The first-order chi connectivity index (χ1) is 12.5. The molecule has 0 unspecified atom stereocenters. The molecular formula is C20H24N2O3S. The first-order valence-electron chi connectivity index (χ1n) is 8.55. The summed E-state index contributed by atoms with van der Waals surface area (Å²) in [6.07, 6.45) is 3.55. The van der Waals surface area contributed by atoms with E-state index in [4.69, 9.17) is 4.74 Å². The molecule has 0 radical (unpaired) electrons. The zero-order valence-corrected chi connectivity index (χ0v) is 16.1. The van der Waals surface area contributed by atoms with Gasteiger partial charge in [-0.1, -0.05) is 19.4 Å². The van der Waals surface area contributed by atoms with Crippen LogP contribution in [0.4, 0.5) is 0 Å². The molecule has 0 aliphatic carbocycles. The van der Waals surface area contributed by atoms with Crippen LogP contribution in [0.1, 0.15) is 41.9 Å². The molecule has 0 saturated carbocycles. The number of ether oxygens (including phenoxy) is 1. The number of benzene rings is 1. The fourth-order valence-electron chi connectivity index (χ4n) is 2.42. The number of hydrogen-bond acceptors (Lipinski definition) is 4. The lowest BCUT2D eigenvalue weighted by Gasteiger charge is -2.15. The van der Waals surface area contributed by atoms with Crippen molar-refractivity contribution in [3.05, 3.63) is 57.9 Å². The van der Waals surface area contributed by atoms with Crippen LogP contribution in [0.2, 0.25) is 0 Å². The van der Waals surface area contributed by atoms with Gasteiger partial charge in [0.1, 0.15) is 11.4 Å². The van der Waals surface area contributed by atoms with Crippen molar-refractivity contribution >= 4 is 29.2 Å². The quantitative estimate of drug-likeness (QED) is 0.692. The number of amides is 2. The van der Waals surface area contributed by atoms with Crippen LogP contribution >= 0.6 is 11.3 Å². The Kier molecular flexibility index (Phi) is 7.41. The van der Waals surface area contributed by atoms with E-state index in [-0.39, 0.29) is 23.6 Å². The van der Waals surface area contributed by atoms with Crippen LogP contribution in [0.3, 0.4) is 0 Å². The molecule has 6 heteroatoms. The lowest BCUT2D eigenvalue weighted by atomic mass is 10.1. The van der Waals surface area contributed by atoms with E-state index in [1.807, 2.05) is 24.4 Å². The van der Waals surface area contributed by atoms with Crippen molar-refractivity contribution in [2.45, 2.75) is 32.7 Å². The minimum absolute atomic E-state index is 0.0390. The SMILES string of the molecule is CCC[C@H](C)NC(=O)/C(=C/c1cccs1)NC(=O)c1ccc(OC)cc1. The minimum Gasteiger partial charge on any atom is -0.497 e. The molecule has 0 aliphatic heterocycles. The zero-order valence-electron chi connectivity index (χ0n) is 15.2. The maximum atomic E-state index is 12.6. The Hall–Kier alpha value is -2.60. The highest BCUT2D eigenvalue weighted by Crippen LogP contribution is 2.15. The second kappa shape index (κ2) is 9.77. The monoisotopic (exact) mass is 372 g/mol. The Morgan fingerprint density at radius 3 is 2.54 bits per heavy atom. The number of rotatable bonds is 8. The Balaban J connectivity index is 2.17. The third kappa shape index (κ3) is 5.74. The topological polar surface area (TPSA) is 67.4 Å². The van der Waals surface area contributed by atoms with Gasteiger partial charge in [-0.15, -0.1) is 11.3 Å². The van der Waals surface area contributed by atoms with Crippen LogP contribution < -0.4 is 15.4 Å². The minimum atomic E-state index is -0.339. The van der Waals surface area contributed by atoms with Gasteiger partial charge in [0, 0.05) is 16.5 Å². The molecule has 2 N–H and O–H groups in total. The van der Waals surface area contributed by atoms with Gasteiger partial charge in [-0.3, -0.25) is 9.59 Å². The largest absolute Gasteiger partial charge is 0.497 e. The normalized spacial score (nSPS) is 12.3. The fraction of sp³-hybridized carbons (Fsp3) is 0.300. The van der Waals surface area contributed by atoms with Gasteiger partial charge in [-0.25, -0.2) is 0 Å². The standard InChI is InChI=1S/C20H24N2O3S/c1-4-6-14(2)21-20(24)18(13-17-7-5-12-26-17)22-19(23)15-8-10-16(25-3)11-9-15/h5,7-14H,4,6H2,1-3H3,(H,21,24)(H,22,23)/b18-13-/t14-/m0/s1. The summed E-state index contributed by atoms with van der Waals surface area (Å²) in [5.74, 6) is 0.0389. The molecule has 2 amide bonds. The van der Waals surface area contributed by atoms with Crippen LogP contribution in [0.15, 0.2) is 47.5 Å². The summed E-state index contributed by atoms with van der Waals surface area (Å²) in [6.45, 7) is 4.02. The van der Waals surface area contributed by atoms with Crippen LogP contribution in [-0.4, -0.2) is 25.0 Å². The molecule has 5 nitrogen and oxygen atoms in total. The third-order valence-electron chi connectivity index (χ3n) is 3.77. The summed E-state index contributed by atoms with van der Waals surface area (Å²) in [5, 5.41) is 7.59. The Bertz CT molecular complexity index is 752. The van der Waals surface area contributed by atoms with E-state index in [1.165, 1.54) is 11.3 Å². The van der Waals surface area contributed by atoms with Gasteiger partial charge in [0.2, 0.25) is 0 Å². The summed E-state index contributed by atoms with van der Waals surface area (Å²) < 4.78 is 5.10. The van der Waals surface area contributed by atoms with Crippen molar-refractivity contribution in [3.8, 4) is 5.75 Å². The van der Waals surface area contributed by atoms with Crippen molar-refractivity contribution < 1.29 is 14.3 Å². The molecule has 1 aromatic carbocycles. The molecule has 0 saturated heterocycles. The number of thiophene rings is 1. The highest BCUT2D eigenvalue weighted by Gasteiger charge is 2.16. The van der Waals surface area contributed by atoms with E-state index in [2.05, 4.69) is 17.6 Å². The molecule has 2 rings (SSSR count). The van der Waals surface area contributed by atoms with Crippen molar-refractivity contribution in [1.82, 2.24) is 10.6 Å². The summed E-state index contributed by atoms with van der Waals surface area (Å²) in [5.41, 5.74) is 0.688. The van der Waals surface area contributed by atoms with Crippen LogP contribution in [0.5, 0.6) is 5.75 Å². The van der Waals surface area contributed by atoms with Crippen molar-refractivity contribution in [3.63, 3.8) is 0 Å². The molecule has 2 aromatic rings. The highest BCUT2D eigenvalue weighted by molar-refractivity contribution is 7.10. The molecular weight excluding hydrogens is 348 g/mol. The molecule has 1 atom stereocenters. The molecule has 0 bridgehead atoms. The maximum absolute atomic E-state index is 12.6. The summed E-state index contributed by atoms with van der Waals surface area (Å²) >= 11 is 1.50. The molecule has 138 valence electrons. The van der Waals surface area contributed by atoms with Gasteiger partial charge >= 0.3 is 0 Å². The van der Waals surface area contributed by atoms with E-state index in [0.29, 0.717) is 11.3 Å². The van der Waals surface area contributed by atoms with Crippen molar-refractivity contribution in [1.29, 1.82) is 0 Å². The number of hydrogen-bond donors (Lipinski definition) is 2. The average molecular weight is 372 g/mol. The highest BCUT2D eigenvalue weighted by atomic mass is 32.1. The third-order valence-corrected chi connectivity index (χ3v) is 4.59. The first-order valence-corrected chi connectivity index (χ1v) is 9.43. The summed E-state index contributed by atoms with van der Waals surface area (Å²) in [6, 6.07) is 10.6. The Labute approximate surface area is 158 Å². The van der Waals surface area contributed by atoms with Crippen LogP contribution in [-0.2, 0) is 4.79 Å². The smallest absolute Gasteiger partial charge is 0.268 e. The second-order valence-electron chi connectivity index (χ2n) is 5.92. The Morgan fingerprint density at radius 1 is 1.23 bits per heavy atom. The lowest BCUT2D eigenvalue weighted by Crippen LogP contribution is -2.39. The van der Waals surface area contributed by atoms with E-state index >= 15 is 0 Å². The second-order valence-corrected chi connectivity index (χ2v) is 6.90. The number of carbonyl (C=O) groups excluding carboxylic acids is 2. The molecule has 0 aliphatic rings. The molecule has 1 heterocycles. The van der Waals surface area contributed by atoms with Crippen molar-refractivity contribution in [2.75, 3.05) is 7.11 Å². The number of carbonyl (C=O) groups is 2. The fourth-order valence-corrected chi connectivity index (χ4v) is 3.07. The van der Waals surface area contributed by atoms with Gasteiger partial charge in [0.25, 0.3) is 11.8 Å². The van der Waals surface area contributed by atoms with E-state index in [1.54, 1.807) is 37.5 Å². The van der Waals surface area contributed by atoms with E-state index in [9.17, 15) is 9.59 Å². The van der Waals surface area contributed by atoms with Crippen LogP contribution in [0, 0.1) is 0 Å². The van der Waals surface area contributed by atoms with E-state index in [0.717, 1.165) is 17.7 Å². The zero-order chi connectivity index (χ0) is 18.9. The van der Waals surface area contributed by atoms with Gasteiger partial charge in [-0.2, -0.15) is 0 Å². The number of methoxy groups -OCH3 is 1. The molecule has 26 heavy (non-hydrogen) atoms. The predicted octanol–water partition coefficient (Wildman–Crippen LogP) is 3.83. The van der Waals surface area contributed by atoms with Gasteiger partial charge < -0.3 is 15.4 Å².